The Morgan fingerprint density at radius 1 is 1.50 bits per heavy atom. The highest BCUT2D eigenvalue weighted by Gasteiger charge is 2.52. The molecular weight excluding hydrogens is 385 g/mol. The van der Waals surface area contributed by atoms with Crippen LogP contribution in [-0.4, -0.2) is 64.5 Å². The van der Waals surface area contributed by atoms with Crippen molar-refractivity contribution in [2.45, 2.75) is 54.1 Å². The van der Waals surface area contributed by atoms with Crippen molar-refractivity contribution in [3.8, 4) is 0 Å². The number of aliphatic hydroxyl groups excluding tert-OH is 1. The number of nitrogens with one attached hydrogen (secondary N) is 1. The van der Waals surface area contributed by atoms with Crippen LogP contribution in [-0.2, 0) is 23.7 Å². The lowest BCUT2D eigenvalue weighted by atomic mass is 9.95. The summed E-state index contributed by atoms with van der Waals surface area (Å²) >= 11 is 16.7. The predicted molar refractivity (Wildman–Crippen MR) is 87.9 cm³/mol. The van der Waals surface area contributed by atoms with Gasteiger partial charge in [0, 0.05) is 0 Å². The molecule has 2 N–H and O–H groups in total. The van der Waals surface area contributed by atoms with Crippen molar-refractivity contribution in [3.63, 3.8) is 0 Å². The van der Waals surface area contributed by atoms with Crippen LogP contribution in [0.1, 0.15) is 13.8 Å². The Labute approximate surface area is 155 Å². The smallest absolute Gasteiger partial charge is 0.272 e. The van der Waals surface area contributed by atoms with Crippen molar-refractivity contribution < 1.29 is 28.8 Å². The molecule has 2 aliphatic heterocycles. The third-order valence-electron chi connectivity index (χ3n) is 3.62. The van der Waals surface area contributed by atoms with E-state index in [-0.39, 0.29) is 13.2 Å². The average Bonchev–Trinajstić information content (AvgIpc) is 2.47. The normalized spacial score (nSPS) is 35.8. The summed E-state index contributed by atoms with van der Waals surface area (Å²) in [6.07, 6.45) is -1.93. The summed E-state index contributed by atoms with van der Waals surface area (Å²) in [6.45, 7) is 7.32. The van der Waals surface area contributed by atoms with E-state index in [0.717, 1.165) is 0 Å². The lowest BCUT2D eigenvalue weighted by Gasteiger charge is -2.49. The van der Waals surface area contributed by atoms with Gasteiger partial charge in [-0.2, -0.15) is 0 Å². The number of rotatable bonds is 4. The minimum absolute atomic E-state index is 0.141. The van der Waals surface area contributed by atoms with E-state index in [2.05, 4.69) is 11.9 Å². The lowest BCUT2D eigenvalue weighted by Crippen LogP contribution is -2.69. The molecule has 0 aliphatic carbocycles. The average molecular weight is 405 g/mol. The number of carbonyl (C=O) groups excluding carboxylic acids is 1. The molecule has 5 atom stereocenters. The van der Waals surface area contributed by atoms with E-state index in [1.165, 1.54) is 6.08 Å². The first-order valence-electron chi connectivity index (χ1n) is 7.30. The number of hydrogen-bond acceptors (Lipinski definition) is 6. The fourth-order valence-corrected chi connectivity index (χ4v) is 2.70. The highest BCUT2D eigenvalue weighted by atomic mass is 35.6. The van der Waals surface area contributed by atoms with Crippen LogP contribution in [0.25, 0.3) is 0 Å². The van der Waals surface area contributed by atoms with Crippen molar-refractivity contribution in [2.75, 3.05) is 13.2 Å². The van der Waals surface area contributed by atoms with E-state index < -0.39 is 46.1 Å². The minimum atomic E-state index is -2.19. The Kier molecular flexibility index (Phi) is 6.42. The van der Waals surface area contributed by atoms with Gasteiger partial charge < -0.3 is 29.4 Å². The summed E-state index contributed by atoms with van der Waals surface area (Å²) in [5.41, 5.74) is 0. The zero-order valence-corrected chi connectivity index (χ0v) is 15.5. The standard InChI is InChI=1S/C14H20Cl3NO6/c1-4-5-21-11-8(18-12(20)14(15,16)17)9(19)10-7(23-11)6-22-13(2,3)24-10/h4,7-11,19H,1,5-6H2,2-3H3,(H,18,20)/t7-,8-,9-,10-,11+/m1/s1. The van der Waals surface area contributed by atoms with Crippen LogP contribution in [0.5, 0.6) is 0 Å². The van der Waals surface area contributed by atoms with Crippen LogP contribution in [0.15, 0.2) is 12.7 Å². The Morgan fingerprint density at radius 3 is 2.75 bits per heavy atom. The zero-order valence-electron chi connectivity index (χ0n) is 13.2. The maximum absolute atomic E-state index is 12.0. The van der Waals surface area contributed by atoms with Crippen molar-refractivity contribution in [3.05, 3.63) is 12.7 Å². The Balaban J connectivity index is 2.18. The summed E-state index contributed by atoms with van der Waals surface area (Å²) in [5.74, 6) is -1.80. The first kappa shape index (κ1) is 20.2. The molecule has 10 heteroatoms. The second-order valence-corrected chi connectivity index (χ2v) is 8.23. The summed E-state index contributed by atoms with van der Waals surface area (Å²) in [4.78, 5) is 12.0. The molecule has 2 fully saturated rings. The van der Waals surface area contributed by atoms with E-state index in [4.69, 9.17) is 53.8 Å². The number of carbonyl (C=O) groups is 1. The van der Waals surface area contributed by atoms with Gasteiger partial charge in [0.1, 0.15) is 24.4 Å². The molecule has 2 aliphatic rings. The molecular formula is C14H20Cl3NO6. The Hall–Kier alpha value is -0.120. The molecule has 7 nitrogen and oxygen atoms in total. The molecule has 1 amide bonds. The van der Waals surface area contributed by atoms with Crippen LogP contribution < -0.4 is 5.32 Å². The highest BCUT2D eigenvalue weighted by molar-refractivity contribution is 6.76. The molecule has 2 saturated heterocycles. The number of alkyl halides is 3. The van der Waals surface area contributed by atoms with Crippen LogP contribution >= 0.6 is 34.8 Å². The SMILES string of the molecule is C=CCO[C@H]1O[C@@H]2COC(C)(C)O[C@H]2[C@H](O)[C@H]1NC(=O)C(Cl)(Cl)Cl. The van der Waals surface area contributed by atoms with E-state index >= 15 is 0 Å². The van der Waals surface area contributed by atoms with Gasteiger partial charge in [0.05, 0.1) is 13.2 Å². The van der Waals surface area contributed by atoms with E-state index in [1.54, 1.807) is 13.8 Å². The van der Waals surface area contributed by atoms with Gasteiger partial charge in [0.25, 0.3) is 9.70 Å². The first-order chi connectivity index (χ1) is 11.0. The van der Waals surface area contributed by atoms with Gasteiger partial charge in [-0.1, -0.05) is 40.9 Å². The Morgan fingerprint density at radius 2 is 2.17 bits per heavy atom. The number of fused-ring (bicyclic) bond motifs is 1. The third kappa shape index (κ3) is 4.74. The van der Waals surface area contributed by atoms with Crippen LogP contribution in [0, 0.1) is 0 Å². The number of amides is 1. The number of halogens is 3. The molecule has 0 unspecified atom stereocenters. The molecule has 0 aromatic heterocycles. The quantitative estimate of drug-likeness (QED) is 0.542. The second-order valence-electron chi connectivity index (χ2n) is 5.95. The summed E-state index contributed by atoms with van der Waals surface area (Å²) < 4.78 is 20.3. The lowest BCUT2D eigenvalue weighted by molar-refractivity contribution is -0.368. The predicted octanol–water partition coefficient (Wildman–Crippen LogP) is 1.28. The summed E-state index contributed by atoms with van der Waals surface area (Å²) in [5, 5.41) is 13.1. The minimum Gasteiger partial charge on any atom is -0.388 e. The fraction of sp³-hybridized carbons (Fsp3) is 0.786. The molecule has 0 radical (unpaired) electrons. The number of hydrogen-bond donors (Lipinski definition) is 2. The van der Waals surface area contributed by atoms with Crippen LogP contribution in [0.3, 0.4) is 0 Å². The van der Waals surface area contributed by atoms with Gasteiger partial charge in [-0.15, -0.1) is 6.58 Å². The molecule has 0 bridgehead atoms. The molecule has 0 spiro atoms. The second kappa shape index (κ2) is 7.63. The van der Waals surface area contributed by atoms with Crippen LogP contribution in [0.2, 0.25) is 0 Å². The monoisotopic (exact) mass is 403 g/mol. The number of aliphatic hydroxyl groups is 1. The third-order valence-corrected chi connectivity index (χ3v) is 4.14. The van der Waals surface area contributed by atoms with E-state index in [9.17, 15) is 9.90 Å². The van der Waals surface area contributed by atoms with E-state index in [1.807, 2.05) is 0 Å². The van der Waals surface area contributed by atoms with Gasteiger partial charge in [-0.3, -0.25) is 4.79 Å². The first-order valence-corrected chi connectivity index (χ1v) is 8.44. The topological polar surface area (TPSA) is 86.2 Å². The molecule has 24 heavy (non-hydrogen) atoms. The van der Waals surface area contributed by atoms with Crippen molar-refractivity contribution in [2.24, 2.45) is 0 Å². The maximum atomic E-state index is 12.0. The largest absolute Gasteiger partial charge is 0.388 e. The van der Waals surface area contributed by atoms with Gasteiger partial charge in [0.2, 0.25) is 0 Å². The van der Waals surface area contributed by atoms with Gasteiger partial charge >= 0.3 is 0 Å². The Bertz CT molecular complexity index is 484. The highest BCUT2D eigenvalue weighted by Crippen LogP contribution is 2.34. The number of ether oxygens (including phenoxy) is 4. The molecule has 0 saturated carbocycles. The van der Waals surface area contributed by atoms with Gasteiger partial charge in [-0.05, 0) is 13.8 Å². The molecule has 138 valence electrons. The van der Waals surface area contributed by atoms with Gasteiger partial charge in [-0.25, -0.2) is 0 Å². The van der Waals surface area contributed by atoms with Crippen molar-refractivity contribution in [1.82, 2.24) is 5.32 Å². The van der Waals surface area contributed by atoms with E-state index in [0.29, 0.717) is 0 Å². The molecule has 0 aromatic carbocycles. The van der Waals surface area contributed by atoms with Crippen molar-refractivity contribution in [1.29, 1.82) is 0 Å². The molecule has 2 heterocycles. The molecule has 2 rings (SSSR count). The summed E-state index contributed by atoms with van der Waals surface area (Å²) in [6, 6.07) is -0.997. The van der Waals surface area contributed by atoms with Crippen molar-refractivity contribution >= 4 is 40.7 Å². The maximum Gasteiger partial charge on any atom is 0.272 e. The summed E-state index contributed by atoms with van der Waals surface area (Å²) in [7, 11) is 0. The molecule has 0 aromatic rings. The van der Waals surface area contributed by atoms with Gasteiger partial charge in [0.15, 0.2) is 12.1 Å². The zero-order chi connectivity index (χ0) is 18.1. The van der Waals surface area contributed by atoms with Crippen LogP contribution in [0.4, 0.5) is 0 Å². The fourth-order valence-electron chi connectivity index (χ4n) is 2.54.